The summed E-state index contributed by atoms with van der Waals surface area (Å²) >= 11 is 1.33. The van der Waals surface area contributed by atoms with E-state index in [0.717, 1.165) is 21.7 Å². The molecule has 2 heterocycles. The molecular formula is C14H14N4O2S. The third kappa shape index (κ3) is 2.47. The monoisotopic (exact) mass is 302 g/mol. The molecule has 108 valence electrons. The number of aryl methyl sites for hydroxylation is 2. The van der Waals surface area contributed by atoms with Gasteiger partial charge in [0.05, 0.1) is 18.4 Å². The zero-order chi connectivity index (χ0) is 15.0. The van der Waals surface area contributed by atoms with Crippen LogP contribution in [0.1, 0.15) is 11.3 Å². The first-order valence-corrected chi connectivity index (χ1v) is 7.12. The van der Waals surface area contributed by atoms with Crippen LogP contribution >= 0.6 is 11.3 Å². The Kier molecular flexibility index (Phi) is 3.34. The summed E-state index contributed by atoms with van der Waals surface area (Å²) in [5.41, 5.74) is 8.36. The van der Waals surface area contributed by atoms with Gasteiger partial charge in [-0.15, -0.1) is 0 Å². The van der Waals surface area contributed by atoms with Crippen molar-refractivity contribution in [2.75, 3.05) is 12.8 Å². The molecule has 0 saturated heterocycles. The van der Waals surface area contributed by atoms with Gasteiger partial charge in [0.25, 0.3) is 5.89 Å². The number of anilines is 1. The molecule has 21 heavy (non-hydrogen) atoms. The highest BCUT2D eigenvalue weighted by Crippen LogP contribution is 2.33. The first-order valence-electron chi connectivity index (χ1n) is 6.30. The molecule has 6 nitrogen and oxygen atoms in total. The predicted octanol–water partition coefficient (Wildman–Crippen LogP) is 3.07. The number of hydrogen-bond donors (Lipinski definition) is 1. The number of nitrogens with zero attached hydrogens (tertiary/aromatic N) is 3. The van der Waals surface area contributed by atoms with Crippen LogP contribution in [0.2, 0.25) is 0 Å². The van der Waals surface area contributed by atoms with E-state index in [1.807, 2.05) is 32.0 Å². The van der Waals surface area contributed by atoms with Crippen molar-refractivity contribution in [3.63, 3.8) is 0 Å². The summed E-state index contributed by atoms with van der Waals surface area (Å²) in [6, 6.07) is 5.82. The summed E-state index contributed by atoms with van der Waals surface area (Å²) in [6.45, 7) is 3.86. The van der Waals surface area contributed by atoms with Gasteiger partial charge in [-0.2, -0.15) is 4.98 Å². The van der Waals surface area contributed by atoms with Gasteiger partial charge in [0.1, 0.15) is 10.6 Å². The Morgan fingerprint density at radius 1 is 1.24 bits per heavy atom. The second kappa shape index (κ2) is 5.17. The van der Waals surface area contributed by atoms with E-state index < -0.39 is 0 Å². The molecule has 3 rings (SSSR count). The zero-order valence-electron chi connectivity index (χ0n) is 11.9. The van der Waals surface area contributed by atoms with Crippen LogP contribution in [0, 0.1) is 13.8 Å². The topological polar surface area (TPSA) is 87.1 Å². The van der Waals surface area contributed by atoms with Crippen molar-refractivity contribution in [2.24, 2.45) is 0 Å². The molecule has 7 heteroatoms. The molecule has 0 aliphatic carbocycles. The maximum atomic E-state index is 5.69. The fourth-order valence-electron chi connectivity index (χ4n) is 2.02. The molecule has 2 N–H and O–H groups in total. The van der Waals surface area contributed by atoms with Crippen molar-refractivity contribution in [2.45, 2.75) is 13.8 Å². The number of methoxy groups -OCH3 is 1. The van der Waals surface area contributed by atoms with Gasteiger partial charge >= 0.3 is 0 Å². The fourth-order valence-corrected chi connectivity index (χ4v) is 2.78. The van der Waals surface area contributed by atoms with Gasteiger partial charge in [-0.1, -0.05) is 22.6 Å². The van der Waals surface area contributed by atoms with E-state index in [1.54, 1.807) is 7.11 Å². The smallest absolute Gasteiger partial charge is 0.270 e. The number of aromatic nitrogens is 3. The van der Waals surface area contributed by atoms with Gasteiger partial charge in [0, 0.05) is 0 Å². The van der Waals surface area contributed by atoms with Gasteiger partial charge < -0.3 is 15.0 Å². The van der Waals surface area contributed by atoms with Crippen molar-refractivity contribution in [3.8, 4) is 27.9 Å². The predicted molar refractivity (Wildman–Crippen MR) is 81.3 cm³/mol. The Morgan fingerprint density at radius 2 is 2.05 bits per heavy atom. The van der Waals surface area contributed by atoms with Crippen molar-refractivity contribution in [1.29, 1.82) is 0 Å². The molecule has 0 spiro atoms. The summed E-state index contributed by atoms with van der Waals surface area (Å²) < 4.78 is 10.7. The molecule has 0 unspecified atom stereocenters. The van der Waals surface area contributed by atoms with E-state index >= 15 is 0 Å². The van der Waals surface area contributed by atoms with Crippen LogP contribution in [-0.4, -0.2) is 22.2 Å². The lowest BCUT2D eigenvalue weighted by Crippen LogP contribution is -1.90. The second-order valence-corrected chi connectivity index (χ2v) is 5.62. The van der Waals surface area contributed by atoms with Crippen molar-refractivity contribution >= 4 is 16.5 Å². The van der Waals surface area contributed by atoms with Crippen molar-refractivity contribution < 1.29 is 9.26 Å². The summed E-state index contributed by atoms with van der Waals surface area (Å²) in [5.74, 6) is 1.61. The molecular weight excluding hydrogens is 288 g/mol. The quantitative estimate of drug-likeness (QED) is 0.800. The number of rotatable bonds is 3. The largest absolute Gasteiger partial charge is 0.496 e. The number of thiazole rings is 1. The van der Waals surface area contributed by atoms with Crippen LogP contribution in [0.15, 0.2) is 22.7 Å². The highest BCUT2D eigenvalue weighted by atomic mass is 32.1. The molecule has 0 saturated carbocycles. The Hall–Kier alpha value is -2.41. The zero-order valence-corrected chi connectivity index (χ0v) is 12.7. The van der Waals surface area contributed by atoms with E-state index in [4.69, 9.17) is 15.0 Å². The highest BCUT2D eigenvalue weighted by molar-refractivity contribution is 7.18. The Bertz CT molecular complexity index is 794. The summed E-state index contributed by atoms with van der Waals surface area (Å²) in [6.07, 6.45) is 0. The molecule has 3 aromatic rings. The molecule has 0 radical (unpaired) electrons. The third-order valence-electron chi connectivity index (χ3n) is 3.03. The fraction of sp³-hybridized carbons (Fsp3) is 0.214. The van der Waals surface area contributed by atoms with Crippen molar-refractivity contribution in [1.82, 2.24) is 15.1 Å². The minimum Gasteiger partial charge on any atom is -0.496 e. The van der Waals surface area contributed by atoms with E-state index in [-0.39, 0.29) is 0 Å². The van der Waals surface area contributed by atoms with E-state index in [2.05, 4.69) is 15.1 Å². The molecule has 0 aliphatic rings. The van der Waals surface area contributed by atoms with Gasteiger partial charge in [-0.25, -0.2) is 4.98 Å². The summed E-state index contributed by atoms with van der Waals surface area (Å²) in [7, 11) is 1.62. The molecule has 0 fully saturated rings. The first-order chi connectivity index (χ1) is 10.1. The number of hydrogen-bond acceptors (Lipinski definition) is 7. The first kappa shape index (κ1) is 13.6. The van der Waals surface area contributed by atoms with E-state index in [9.17, 15) is 0 Å². The Morgan fingerprint density at radius 3 is 2.71 bits per heavy atom. The van der Waals surface area contributed by atoms with Gasteiger partial charge in [-0.3, -0.25) is 0 Å². The van der Waals surface area contributed by atoms with Crippen LogP contribution in [0.3, 0.4) is 0 Å². The number of benzene rings is 1. The minimum atomic E-state index is 0.416. The number of nitrogens with two attached hydrogens (primary N) is 1. The molecule has 1 aromatic carbocycles. The average Bonchev–Trinajstić information content (AvgIpc) is 3.05. The lowest BCUT2D eigenvalue weighted by Gasteiger charge is -2.05. The highest BCUT2D eigenvalue weighted by Gasteiger charge is 2.18. The van der Waals surface area contributed by atoms with Crippen LogP contribution in [0.25, 0.3) is 22.2 Å². The normalized spacial score (nSPS) is 10.8. The average molecular weight is 302 g/mol. The van der Waals surface area contributed by atoms with Gasteiger partial charge in [-0.05, 0) is 31.5 Å². The van der Waals surface area contributed by atoms with Gasteiger partial charge in [0.2, 0.25) is 5.82 Å². The van der Waals surface area contributed by atoms with Crippen LogP contribution in [0.5, 0.6) is 5.75 Å². The summed E-state index contributed by atoms with van der Waals surface area (Å²) in [5, 5.41) is 4.51. The van der Waals surface area contributed by atoms with Crippen molar-refractivity contribution in [3.05, 3.63) is 29.5 Å². The number of ether oxygens (including phenoxy) is 1. The summed E-state index contributed by atoms with van der Waals surface area (Å²) in [4.78, 5) is 9.37. The molecule has 0 bridgehead atoms. The lowest BCUT2D eigenvalue weighted by molar-refractivity contribution is 0.413. The Labute approximate surface area is 125 Å². The Balaban J connectivity index is 2.04. The lowest BCUT2D eigenvalue weighted by atomic mass is 10.1. The van der Waals surface area contributed by atoms with E-state index in [1.165, 1.54) is 11.3 Å². The standard InChI is InChI=1S/C14H14N4O2S/c1-7-4-5-9(10(6-7)19-3)12-17-13(20-18-12)11-8(2)16-14(15)21-11/h4-6H,1-3H3,(H2,15,16). The molecule has 0 atom stereocenters. The van der Waals surface area contributed by atoms with Crippen LogP contribution in [0.4, 0.5) is 5.13 Å². The maximum absolute atomic E-state index is 5.69. The van der Waals surface area contributed by atoms with Gasteiger partial charge in [0.15, 0.2) is 5.13 Å². The maximum Gasteiger partial charge on any atom is 0.270 e. The number of nitrogen functional groups attached to an aromatic ring is 1. The minimum absolute atomic E-state index is 0.416. The molecule has 2 aromatic heterocycles. The SMILES string of the molecule is COc1cc(C)ccc1-c1noc(-c2sc(N)nc2C)n1. The third-order valence-corrected chi connectivity index (χ3v) is 4.01. The molecule has 0 aliphatic heterocycles. The van der Waals surface area contributed by atoms with Crippen LogP contribution < -0.4 is 10.5 Å². The molecule has 0 amide bonds. The second-order valence-electron chi connectivity index (χ2n) is 4.59. The van der Waals surface area contributed by atoms with Crippen LogP contribution in [-0.2, 0) is 0 Å². The van der Waals surface area contributed by atoms with E-state index in [0.29, 0.717) is 22.6 Å².